The van der Waals surface area contributed by atoms with Crippen molar-refractivity contribution >= 4 is 23.4 Å². The minimum Gasteiger partial charge on any atom is -0.478 e. The Morgan fingerprint density at radius 2 is 2.20 bits per heavy atom. The Bertz CT molecular complexity index is 546. The van der Waals surface area contributed by atoms with Gasteiger partial charge in [-0.25, -0.2) is 9.78 Å². The minimum absolute atomic E-state index is 0.0825. The number of aromatic carboxylic acids is 1. The maximum atomic E-state index is 11.6. The van der Waals surface area contributed by atoms with Gasteiger partial charge in [-0.05, 0) is 6.92 Å². The normalized spacial score (nSPS) is 9.90. The molecule has 20 heavy (non-hydrogen) atoms. The lowest BCUT2D eigenvalue weighted by atomic mass is 10.2. The Hall–Kier alpha value is -2.71. The lowest BCUT2D eigenvalue weighted by Gasteiger charge is -2.15. The van der Waals surface area contributed by atoms with Crippen LogP contribution in [0.5, 0.6) is 0 Å². The molecule has 0 aliphatic heterocycles. The van der Waals surface area contributed by atoms with Gasteiger partial charge in [-0.3, -0.25) is 14.9 Å². The average Bonchev–Trinajstić information content (AvgIpc) is 2.43. The minimum atomic E-state index is -1.36. The van der Waals surface area contributed by atoms with E-state index in [-0.39, 0.29) is 23.8 Å². The van der Waals surface area contributed by atoms with Gasteiger partial charge in [0.25, 0.3) is 5.69 Å². The van der Waals surface area contributed by atoms with Crippen molar-refractivity contribution in [2.45, 2.75) is 6.92 Å². The number of hydrogen-bond acceptors (Lipinski definition) is 6. The molecule has 0 aliphatic rings. The van der Waals surface area contributed by atoms with Crippen molar-refractivity contribution in [1.82, 2.24) is 9.88 Å². The number of pyridine rings is 1. The Morgan fingerprint density at radius 1 is 1.55 bits per heavy atom. The van der Waals surface area contributed by atoms with E-state index in [9.17, 15) is 19.7 Å². The van der Waals surface area contributed by atoms with Crippen molar-refractivity contribution in [3.63, 3.8) is 0 Å². The molecule has 0 aliphatic carbocycles. The highest BCUT2D eigenvalue weighted by molar-refractivity contribution is 5.94. The summed E-state index contributed by atoms with van der Waals surface area (Å²) in [5, 5.41) is 22.1. The van der Waals surface area contributed by atoms with Gasteiger partial charge in [0.2, 0.25) is 5.91 Å². The molecular formula is C11H14N4O5. The number of anilines is 1. The van der Waals surface area contributed by atoms with Crippen LogP contribution < -0.4 is 5.32 Å². The first kappa shape index (κ1) is 15.3. The molecule has 9 nitrogen and oxygen atoms in total. The van der Waals surface area contributed by atoms with Gasteiger partial charge in [0.15, 0.2) is 0 Å². The van der Waals surface area contributed by atoms with E-state index >= 15 is 0 Å². The molecule has 1 rings (SSSR count). The molecule has 2 N–H and O–H groups in total. The summed E-state index contributed by atoms with van der Waals surface area (Å²) < 4.78 is 0. The maximum absolute atomic E-state index is 11.6. The largest absolute Gasteiger partial charge is 0.478 e. The van der Waals surface area contributed by atoms with Crippen molar-refractivity contribution in [2.75, 3.05) is 25.5 Å². The molecule has 1 aromatic rings. The highest BCUT2D eigenvalue weighted by Crippen LogP contribution is 2.18. The molecule has 1 amide bonds. The zero-order valence-corrected chi connectivity index (χ0v) is 11.0. The number of nitro groups is 1. The van der Waals surface area contributed by atoms with Crippen LogP contribution in [0.2, 0.25) is 0 Å². The third kappa shape index (κ3) is 3.64. The summed E-state index contributed by atoms with van der Waals surface area (Å²) in [5.41, 5.74) is -0.781. The second-order valence-electron chi connectivity index (χ2n) is 3.91. The maximum Gasteiger partial charge on any atom is 0.339 e. The van der Waals surface area contributed by atoms with Crippen LogP contribution in [0.25, 0.3) is 0 Å². The molecule has 0 bridgehead atoms. The van der Waals surface area contributed by atoms with Crippen LogP contribution in [0.4, 0.5) is 11.5 Å². The predicted octanol–water partition coefficient (Wildman–Crippen LogP) is 0.578. The molecule has 1 aromatic heterocycles. The molecule has 9 heteroatoms. The topological polar surface area (TPSA) is 126 Å². The molecule has 0 saturated carbocycles. The van der Waals surface area contributed by atoms with Crippen LogP contribution in [-0.2, 0) is 4.79 Å². The number of nitrogens with one attached hydrogen (secondary N) is 1. The third-order valence-corrected chi connectivity index (χ3v) is 2.62. The smallest absolute Gasteiger partial charge is 0.339 e. The van der Waals surface area contributed by atoms with E-state index < -0.39 is 16.6 Å². The standard InChI is InChI=1S/C11H14N4O5/c1-3-14(2)9(16)6-13-10-8(11(17)18)4-7(5-12-10)15(19)20/h4-5H,3,6H2,1-2H3,(H,12,13)(H,17,18). The van der Waals surface area contributed by atoms with Crippen LogP contribution in [0.1, 0.15) is 17.3 Å². The molecule has 0 unspecified atom stereocenters. The van der Waals surface area contributed by atoms with Gasteiger partial charge >= 0.3 is 5.97 Å². The number of carboxylic acids is 1. The molecule has 0 radical (unpaired) electrons. The summed E-state index contributed by atoms with van der Waals surface area (Å²) in [7, 11) is 1.60. The summed E-state index contributed by atoms with van der Waals surface area (Å²) in [4.78, 5) is 37.6. The fraction of sp³-hybridized carbons (Fsp3) is 0.364. The first-order valence-electron chi connectivity index (χ1n) is 5.72. The number of aromatic nitrogens is 1. The van der Waals surface area contributed by atoms with E-state index in [0.29, 0.717) is 6.54 Å². The summed E-state index contributed by atoms with van der Waals surface area (Å²) in [6.45, 7) is 2.17. The first-order valence-corrected chi connectivity index (χ1v) is 5.72. The molecule has 1 heterocycles. The molecule has 0 saturated heterocycles. The fourth-order valence-corrected chi connectivity index (χ4v) is 1.33. The SMILES string of the molecule is CCN(C)C(=O)CNc1ncc([N+](=O)[O-])cc1C(=O)O. The highest BCUT2D eigenvalue weighted by atomic mass is 16.6. The van der Waals surface area contributed by atoms with Crippen LogP contribution >= 0.6 is 0 Å². The van der Waals surface area contributed by atoms with Gasteiger partial charge in [-0.2, -0.15) is 0 Å². The number of hydrogen-bond donors (Lipinski definition) is 2. The van der Waals surface area contributed by atoms with E-state index in [4.69, 9.17) is 5.11 Å². The van der Waals surface area contributed by atoms with Gasteiger partial charge in [0, 0.05) is 19.7 Å². The Labute approximate surface area is 114 Å². The van der Waals surface area contributed by atoms with Crippen molar-refractivity contribution in [3.8, 4) is 0 Å². The molecule has 108 valence electrons. The van der Waals surface area contributed by atoms with Gasteiger partial charge in [-0.1, -0.05) is 0 Å². The average molecular weight is 282 g/mol. The number of carbonyl (C=O) groups excluding carboxylic acids is 1. The quantitative estimate of drug-likeness (QED) is 0.577. The lowest BCUT2D eigenvalue weighted by molar-refractivity contribution is -0.385. The Balaban J connectivity index is 2.92. The van der Waals surface area contributed by atoms with E-state index in [0.717, 1.165) is 12.3 Å². The third-order valence-electron chi connectivity index (χ3n) is 2.62. The monoisotopic (exact) mass is 282 g/mol. The summed E-state index contributed by atoms with van der Waals surface area (Å²) in [6, 6.07) is 0.895. The van der Waals surface area contributed by atoms with Crippen molar-refractivity contribution in [1.29, 1.82) is 0 Å². The molecule has 0 fully saturated rings. The molecular weight excluding hydrogens is 268 g/mol. The summed E-state index contributed by atoms with van der Waals surface area (Å²) in [5.74, 6) is -1.69. The number of rotatable bonds is 6. The van der Waals surface area contributed by atoms with Crippen molar-refractivity contribution in [2.24, 2.45) is 0 Å². The molecule has 0 spiro atoms. The summed E-state index contributed by atoms with van der Waals surface area (Å²) >= 11 is 0. The second kappa shape index (κ2) is 6.45. The number of carboxylic acid groups (broad SMARTS) is 1. The number of nitrogens with zero attached hydrogens (tertiary/aromatic N) is 3. The van der Waals surface area contributed by atoms with Crippen molar-refractivity contribution in [3.05, 3.63) is 27.9 Å². The van der Waals surface area contributed by atoms with Crippen LogP contribution in [0.15, 0.2) is 12.3 Å². The van der Waals surface area contributed by atoms with Crippen LogP contribution in [-0.4, -0.2) is 51.9 Å². The van der Waals surface area contributed by atoms with E-state index in [2.05, 4.69) is 10.3 Å². The molecule has 0 aromatic carbocycles. The number of carbonyl (C=O) groups is 2. The van der Waals surface area contributed by atoms with Crippen molar-refractivity contribution < 1.29 is 19.6 Å². The van der Waals surface area contributed by atoms with Gasteiger partial charge in [-0.15, -0.1) is 0 Å². The zero-order chi connectivity index (χ0) is 15.3. The van der Waals surface area contributed by atoms with E-state index in [1.54, 1.807) is 14.0 Å². The van der Waals surface area contributed by atoms with E-state index in [1.807, 2.05) is 0 Å². The predicted molar refractivity (Wildman–Crippen MR) is 69.7 cm³/mol. The molecule has 0 atom stereocenters. The summed E-state index contributed by atoms with van der Waals surface area (Å²) in [6.07, 6.45) is 0.933. The number of amides is 1. The van der Waals surface area contributed by atoms with Crippen LogP contribution in [0.3, 0.4) is 0 Å². The van der Waals surface area contributed by atoms with Gasteiger partial charge in [0.1, 0.15) is 17.6 Å². The lowest BCUT2D eigenvalue weighted by Crippen LogP contribution is -2.32. The highest BCUT2D eigenvalue weighted by Gasteiger charge is 2.18. The number of likely N-dealkylation sites (N-methyl/N-ethyl adjacent to an activating group) is 1. The Kier molecular flexibility index (Phi) is 4.95. The zero-order valence-electron chi connectivity index (χ0n) is 11.0. The van der Waals surface area contributed by atoms with Gasteiger partial charge in [0.05, 0.1) is 11.5 Å². The van der Waals surface area contributed by atoms with Gasteiger partial charge < -0.3 is 15.3 Å². The first-order chi connectivity index (χ1) is 9.36. The van der Waals surface area contributed by atoms with Crippen LogP contribution in [0, 0.1) is 10.1 Å². The fourth-order valence-electron chi connectivity index (χ4n) is 1.33. The second-order valence-corrected chi connectivity index (χ2v) is 3.91. The van der Waals surface area contributed by atoms with E-state index in [1.165, 1.54) is 4.90 Å². The Morgan fingerprint density at radius 3 is 2.70 bits per heavy atom.